The zero-order valence-corrected chi connectivity index (χ0v) is 22.3. The summed E-state index contributed by atoms with van der Waals surface area (Å²) in [6, 6.07) is 17.5. The Bertz CT molecular complexity index is 1860. The van der Waals surface area contributed by atoms with Crippen LogP contribution in [0.5, 0.6) is 11.6 Å². The summed E-state index contributed by atoms with van der Waals surface area (Å²) in [7, 11) is 0. The Balaban J connectivity index is 1.43. The van der Waals surface area contributed by atoms with E-state index in [1.54, 1.807) is 60.7 Å². The first-order valence-electron chi connectivity index (χ1n) is 12.0. The summed E-state index contributed by atoms with van der Waals surface area (Å²) in [5.74, 6) is -3.82. The highest BCUT2D eigenvalue weighted by molar-refractivity contribution is 6.31. The molecule has 206 valence electrons. The standard InChI is InChI=1S/C29H19Cl2N3O7/c30-17-4-6-22-15(10-17)12-20(27(35)36)25(32-22)33-24(29(39)40)9-14-2-1-3-19(8-14)41-26-21(28(37)38)13-16-11-18(31)5-7-23(16)34-26/h1-8,10-13,24H,9H2,(H,32,33)(H,35,36)(H,37,38)(H,39,40). The Morgan fingerprint density at radius 3 is 2.00 bits per heavy atom. The summed E-state index contributed by atoms with van der Waals surface area (Å²) in [6.45, 7) is 0. The molecule has 5 rings (SSSR count). The molecule has 0 saturated carbocycles. The predicted molar refractivity (Wildman–Crippen MR) is 153 cm³/mol. The van der Waals surface area contributed by atoms with Crippen LogP contribution in [0, 0.1) is 0 Å². The van der Waals surface area contributed by atoms with Crippen molar-refractivity contribution in [3.8, 4) is 11.6 Å². The Hall–Kier alpha value is -4.93. The third-order valence-corrected chi connectivity index (χ3v) is 6.61. The van der Waals surface area contributed by atoms with E-state index in [1.807, 2.05) is 0 Å². The largest absolute Gasteiger partial charge is 0.480 e. The average Bonchev–Trinajstić information content (AvgIpc) is 2.92. The third kappa shape index (κ3) is 6.13. The number of nitrogens with one attached hydrogen (secondary N) is 1. The molecular weight excluding hydrogens is 573 g/mol. The smallest absolute Gasteiger partial charge is 0.341 e. The maximum Gasteiger partial charge on any atom is 0.341 e. The number of anilines is 1. The number of nitrogens with zero attached hydrogens (tertiary/aromatic N) is 2. The van der Waals surface area contributed by atoms with Crippen LogP contribution in [-0.4, -0.2) is 49.2 Å². The molecule has 5 aromatic rings. The normalized spacial score (nSPS) is 11.8. The minimum atomic E-state index is -1.29. The average molecular weight is 592 g/mol. The van der Waals surface area contributed by atoms with Crippen molar-refractivity contribution in [2.24, 2.45) is 0 Å². The molecule has 0 saturated heterocycles. The summed E-state index contributed by atoms with van der Waals surface area (Å²) < 4.78 is 5.82. The van der Waals surface area contributed by atoms with Crippen molar-refractivity contribution >= 4 is 68.7 Å². The van der Waals surface area contributed by atoms with Crippen molar-refractivity contribution < 1.29 is 34.4 Å². The number of aromatic carboxylic acids is 2. The molecule has 3 aromatic carbocycles. The van der Waals surface area contributed by atoms with Crippen molar-refractivity contribution in [2.45, 2.75) is 12.5 Å². The van der Waals surface area contributed by atoms with Gasteiger partial charge in [-0.05, 0) is 66.2 Å². The number of hydrogen-bond donors (Lipinski definition) is 4. The molecule has 41 heavy (non-hydrogen) atoms. The monoisotopic (exact) mass is 591 g/mol. The highest BCUT2D eigenvalue weighted by atomic mass is 35.5. The van der Waals surface area contributed by atoms with Crippen LogP contribution >= 0.6 is 23.2 Å². The van der Waals surface area contributed by atoms with E-state index in [1.165, 1.54) is 12.1 Å². The molecule has 4 N–H and O–H groups in total. The molecule has 0 fully saturated rings. The molecule has 0 aliphatic rings. The lowest BCUT2D eigenvalue weighted by molar-refractivity contribution is -0.137. The van der Waals surface area contributed by atoms with E-state index >= 15 is 0 Å². The first-order chi connectivity index (χ1) is 19.6. The predicted octanol–water partition coefficient (Wildman–Crippen LogP) is 6.39. The molecule has 1 atom stereocenters. The maximum absolute atomic E-state index is 12.2. The number of rotatable bonds is 9. The van der Waals surface area contributed by atoms with Gasteiger partial charge in [-0.1, -0.05) is 35.3 Å². The van der Waals surface area contributed by atoms with Crippen molar-refractivity contribution in [3.63, 3.8) is 0 Å². The highest BCUT2D eigenvalue weighted by Gasteiger charge is 2.23. The number of aromatic nitrogens is 2. The molecule has 2 aromatic heterocycles. The number of pyridine rings is 2. The Morgan fingerprint density at radius 2 is 1.39 bits per heavy atom. The quantitative estimate of drug-likeness (QED) is 0.151. The van der Waals surface area contributed by atoms with E-state index in [-0.39, 0.29) is 35.0 Å². The van der Waals surface area contributed by atoms with Crippen LogP contribution in [0.25, 0.3) is 21.8 Å². The number of carboxylic acids is 3. The topological polar surface area (TPSA) is 159 Å². The summed E-state index contributed by atoms with van der Waals surface area (Å²) >= 11 is 12.0. The molecule has 1 unspecified atom stereocenters. The molecule has 10 nitrogen and oxygen atoms in total. The third-order valence-electron chi connectivity index (χ3n) is 6.14. The molecule has 0 spiro atoms. The summed E-state index contributed by atoms with van der Waals surface area (Å²) in [4.78, 5) is 44.6. The number of fused-ring (bicyclic) bond motifs is 2. The van der Waals surface area contributed by atoms with E-state index in [2.05, 4.69) is 15.3 Å². The van der Waals surface area contributed by atoms with Gasteiger partial charge < -0.3 is 25.4 Å². The second-order valence-electron chi connectivity index (χ2n) is 9.00. The number of aliphatic carboxylic acids is 1. The number of carbonyl (C=O) groups is 3. The summed E-state index contributed by atoms with van der Waals surface area (Å²) in [5, 5.41) is 33.9. The molecule has 12 heteroatoms. The summed E-state index contributed by atoms with van der Waals surface area (Å²) in [6.07, 6.45) is -0.0820. The Labute approximate surface area is 241 Å². The van der Waals surface area contributed by atoms with Crippen LogP contribution in [0.15, 0.2) is 72.8 Å². The fourth-order valence-corrected chi connectivity index (χ4v) is 4.59. The van der Waals surface area contributed by atoms with Crippen LogP contribution in [0.3, 0.4) is 0 Å². The van der Waals surface area contributed by atoms with Gasteiger partial charge in [-0.15, -0.1) is 0 Å². The van der Waals surface area contributed by atoms with Gasteiger partial charge in [0.25, 0.3) is 0 Å². The van der Waals surface area contributed by atoms with Crippen molar-refractivity contribution in [1.82, 2.24) is 9.97 Å². The van der Waals surface area contributed by atoms with Gasteiger partial charge in [0.2, 0.25) is 5.88 Å². The van der Waals surface area contributed by atoms with Crippen LogP contribution < -0.4 is 10.1 Å². The molecule has 0 aliphatic carbocycles. The molecule has 2 heterocycles. The van der Waals surface area contributed by atoms with Gasteiger partial charge >= 0.3 is 17.9 Å². The zero-order valence-electron chi connectivity index (χ0n) is 20.8. The first-order valence-corrected chi connectivity index (χ1v) is 12.8. The summed E-state index contributed by atoms with van der Waals surface area (Å²) in [5.41, 5.74) is 1.02. The van der Waals surface area contributed by atoms with E-state index in [0.717, 1.165) is 0 Å². The lowest BCUT2D eigenvalue weighted by Crippen LogP contribution is -2.32. The van der Waals surface area contributed by atoms with Crippen LogP contribution in [0.2, 0.25) is 10.0 Å². The van der Waals surface area contributed by atoms with Gasteiger partial charge in [-0.25, -0.2) is 24.4 Å². The molecule has 0 bridgehead atoms. The number of halogens is 2. The lowest BCUT2D eigenvalue weighted by Gasteiger charge is -2.18. The number of benzene rings is 3. The van der Waals surface area contributed by atoms with Gasteiger partial charge in [0.1, 0.15) is 28.7 Å². The maximum atomic E-state index is 12.2. The van der Waals surface area contributed by atoms with Crippen molar-refractivity contribution in [2.75, 3.05) is 5.32 Å². The first kappa shape index (κ1) is 27.6. The van der Waals surface area contributed by atoms with Crippen LogP contribution in [0.4, 0.5) is 5.82 Å². The van der Waals surface area contributed by atoms with Crippen LogP contribution in [-0.2, 0) is 11.2 Å². The minimum Gasteiger partial charge on any atom is -0.480 e. The van der Waals surface area contributed by atoms with E-state index in [4.69, 9.17) is 27.9 Å². The lowest BCUT2D eigenvalue weighted by atomic mass is 10.0. The number of ether oxygens (including phenoxy) is 1. The van der Waals surface area contributed by atoms with E-state index in [9.17, 15) is 29.7 Å². The van der Waals surface area contributed by atoms with Gasteiger partial charge in [0.15, 0.2) is 0 Å². The van der Waals surface area contributed by atoms with Crippen molar-refractivity contribution in [3.05, 3.63) is 99.5 Å². The molecule has 0 radical (unpaired) electrons. The zero-order chi connectivity index (χ0) is 29.3. The second kappa shape index (κ2) is 11.3. The van der Waals surface area contributed by atoms with Gasteiger partial charge in [-0.3, -0.25) is 0 Å². The van der Waals surface area contributed by atoms with Gasteiger partial charge in [-0.2, -0.15) is 0 Å². The van der Waals surface area contributed by atoms with E-state index < -0.39 is 23.9 Å². The van der Waals surface area contributed by atoms with Crippen LogP contribution in [0.1, 0.15) is 26.3 Å². The second-order valence-corrected chi connectivity index (χ2v) is 9.87. The van der Waals surface area contributed by atoms with Gasteiger partial charge in [0.05, 0.1) is 11.0 Å². The van der Waals surface area contributed by atoms with Crippen molar-refractivity contribution in [1.29, 1.82) is 0 Å². The fourth-order valence-electron chi connectivity index (χ4n) is 4.23. The Morgan fingerprint density at radius 1 is 0.780 bits per heavy atom. The van der Waals surface area contributed by atoms with E-state index in [0.29, 0.717) is 37.4 Å². The number of hydrogen-bond acceptors (Lipinski definition) is 7. The molecule has 0 amide bonds. The molecule has 0 aliphatic heterocycles. The minimum absolute atomic E-state index is 0.0820. The Kier molecular flexibility index (Phi) is 7.60. The number of carboxylic acid groups (broad SMARTS) is 3. The molecular formula is C29H19Cl2N3O7. The highest BCUT2D eigenvalue weighted by Crippen LogP contribution is 2.30. The van der Waals surface area contributed by atoms with Gasteiger partial charge in [0, 0.05) is 27.2 Å². The fraction of sp³-hybridized carbons (Fsp3) is 0.0690. The SMILES string of the molecule is O=C(O)c1cc2cc(Cl)ccc2nc1NC(Cc1cccc(Oc2nc3ccc(Cl)cc3cc2C(=O)O)c1)C(=O)O.